The number of nitrogens with zero attached hydrogens (tertiary/aromatic N) is 1. The molecular weight excluding hydrogens is 306 g/mol. The SMILES string of the molecule is CCN1C(=O)OC(=C(C(=O)c2ccccc2)c2ccccc2)C1=O. The zero-order valence-electron chi connectivity index (χ0n) is 13.1. The van der Waals surface area contributed by atoms with Crippen molar-refractivity contribution >= 4 is 23.4 Å². The highest BCUT2D eigenvalue weighted by Crippen LogP contribution is 2.29. The van der Waals surface area contributed by atoms with Gasteiger partial charge in [-0.1, -0.05) is 60.7 Å². The van der Waals surface area contributed by atoms with Crippen LogP contribution in [0.15, 0.2) is 66.4 Å². The third kappa shape index (κ3) is 2.72. The molecule has 0 spiro atoms. The summed E-state index contributed by atoms with van der Waals surface area (Å²) < 4.78 is 5.13. The molecule has 24 heavy (non-hydrogen) atoms. The van der Waals surface area contributed by atoms with E-state index in [1.165, 1.54) is 0 Å². The van der Waals surface area contributed by atoms with Crippen LogP contribution in [0.4, 0.5) is 4.79 Å². The van der Waals surface area contributed by atoms with Crippen molar-refractivity contribution in [3.63, 3.8) is 0 Å². The molecule has 1 fully saturated rings. The summed E-state index contributed by atoms with van der Waals surface area (Å²) in [5.41, 5.74) is 1.04. The molecule has 0 atom stereocenters. The van der Waals surface area contributed by atoms with Crippen LogP contribution in [-0.2, 0) is 9.53 Å². The normalized spacial score (nSPS) is 16.1. The van der Waals surface area contributed by atoms with Gasteiger partial charge in [0.25, 0.3) is 5.91 Å². The second-order valence-electron chi connectivity index (χ2n) is 5.18. The molecular formula is C19H15NO4. The molecule has 0 aliphatic carbocycles. The van der Waals surface area contributed by atoms with E-state index in [9.17, 15) is 14.4 Å². The largest absolute Gasteiger partial charge is 0.422 e. The maximum atomic E-state index is 13.0. The summed E-state index contributed by atoms with van der Waals surface area (Å²) in [4.78, 5) is 38.3. The Morgan fingerprint density at radius 2 is 1.46 bits per heavy atom. The predicted octanol–water partition coefficient (Wildman–Crippen LogP) is 3.28. The summed E-state index contributed by atoms with van der Waals surface area (Å²) >= 11 is 0. The number of hydrogen-bond acceptors (Lipinski definition) is 4. The molecule has 5 heteroatoms. The van der Waals surface area contributed by atoms with E-state index >= 15 is 0 Å². The molecule has 0 bridgehead atoms. The molecule has 0 unspecified atom stereocenters. The van der Waals surface area contributed by atoms with Crippen LogP contribution in [0, 0.1) is 0 Å². The molecule has 2 aromatic rings. The van der Waals surface area contributed by atoms with Gasteiger partial charge in [-0.25, -0.2) is 9.69 Å². The van der Waals surface area contributed by atoms with Gasteiger partial charge in [0.15, 0.2) is 5.78 Å². The van der Waals surface area contributed by atoms with Crippen LogP contribution in [0.2, 0.25) is 0 Å². The van der Waals surface area contributed by atoms with Gasteiger partial charge in [-0.2, -0.15) is 0 Å². The topological polar surface area (TPSA) is 63.7 Å². The molecule has 5 nitrogen and oxygen atoms in total. The number of rotatable bonds is 4. The molecule has 1 heterocycles. The highest BCUT2D eigenvalue weighted by molar-refractivity contribution is 6.34. The number of cyclic esters (lactones) is 1. The highest BCUT2D eigenvalue weighted by atomic mass is 16.6. The summed E-state index contributed by atoms with van der Waals surface area (Å²) in [5, 5.41) is 0. The number of allylic oxidation sites excluding steroid dienone is 1. The van der Waals surface area contributed by atoms with Gasteiger partial charge in [-0.3, -0.25) is 9.59 Å². The third-order valence-corrected chi connectivity index (χ3v) is 3.72. The van der Waals surface area contributed by atoms with Crippen LogP contribution < -0.4 is 0 Å². The molecule has 0 radical (unpaired) electrons. The van der Waals surface area contributed by atoms with Gasteiger partial charge < -0.3 is 4.74 Å². The minimum atomic E-state index is -0.758. The second-order valence-corrected chi connectivity index (χ2v) is 5.18. The van der Waals surface area contributed by atoms with Gasteiger partial charge in [-0.05, 0) is 12.5 Å². The van der Waals surface area contributed by atoms with Crippen LogP contribution in [-0.4, -0.2) is 29.2 Å². The van der Waals surface area contributed by atoms with E-state index in [1.807, 2.05) is 0 Å². The van der Waals surface area contributed by atoms with E-state index in [1.54, 1.807) is 67.6 Å². The Bertz CT molecular complexity index is 825. The fraction of sp³-hybridized carbons (Fsp3) is 0.105. The first-order valence-corrected chi connectivity index (χ1v) is 7.56. The fourth-order valence-electron chi connectivity index (χ4n) is 2.53. The average molecular weight is 321 g/mol. The Hall–Kier alpha value is -3.21. The molecule has 0 saturated carbocycles. The van der Waals surface area contributed by atoms with E-state index in [0.29, 0.717) is 11.1 Å². The second kappa shape index (κ2) is 6.50. The minimum Gasteiger partial charge on any atom is -0.403 e. The highest BCUT2D eigenvalue weighted by Gasteiger charge is 2.39. The van der Waals surface area contributed by atoms with E-state index in [2.05, 4.69) is 0 Å². The van der Waals surface area contributed by atoms with Gasteiger partial charge in [0.1, 0.15) is 0 Å². The molecule has 2 aromatic carbocycles. The Labute approximate surface area is 139 Å². The summed E-state index contributed by atoms with van der Waals surface area (Å²) in [6.07, 6.45) is -0.758. The Morgan fingerprint density at radius 3 is 1.96 bits per heavy atom. The number of ether oxygens (including phenoxy) is 1. The van der Waals surface area contributed by atoms with Crippen molar-refractivity contribution in [2.45, 2.75) is 6.92 Å². The lowest BCUT2D eigenvalue weighted by Crippen LogP contribution is -2.28. The van der Waals surface area contributed by atoms with Crippen molar-refractivity contribution < 1.29 is 19.1 Å². The van der Waals surface area contributed by atoms with E-state index in [-0.39, 0.29) is 23.7 Å². The molecule has 3 rings (SSSR count). The smallest absolute Gasteiger partial charge is 0.403 e. The molecule has 120 valence electrons. The van der Waals surface area contributed by atoms with Crippen LogP contribution in [0.1, 0.15) is 22.8 Å². The van der Waals surface area contributed by atoms with Crippen molar-refractivity contribution in [1.82, 2.24) is 4.90 Å². The lowest BCUT2D eigenvalue weighted by atomic mass is 9.95. The molecule has 1 aliphatic rings. The van der Waals surface area contributed by atoms with E-state index in [4.69, 9.17) is 4.74 Å². The zero-order chi connectivity index (χ0) is 17.1. The molecule has 1 saturated heterocycles. The standard InChI is InChI=1S/C19H15NO4/c1-2-20-18(22)17(24-19(20)23)15(13-9-5-3-6-10-13)16(21)14-11-7-4-8-12-14/h3-12H,2H2,1H3. The number of hydrogen-bond donors (Lipinski definition) is 0. The van der Waals surface area contributed by atoms with Crippen molar-refractivity contribution in [3.8, 4) is 0 Å². The average Bonchev–Trinajstić information content (AvgIpc) is 2.90. The number of benzene rings is 2. The van der Waals surface area contributed by atoms with Crippen LogP contribution >= 0.6 is 0 Å². The number of ketones is 1. The van der Waals surface area contributed by atoms with Crippen molar-refractivity contribution in [2.24, 2.45) is 0 Å². The van der Waals surface area contributed by atoms with Crippen molar-refractivity contribution in [3.05, 3.63) is 77.5 Å². The van der Waals surface area contributed by atoms with Crippen LogP contribution in [0.25, 0.3) is 5.57 Å². The molecule has 0 N–H and O–H groups in total. The summed E-state index contributed by atoms with van der Waals surface area (Å²) in [6.45, 7) is 1.85. The quantitative estimate of drug-likeness (QED) is 0.640. The van der Waals surface area contributed by atoms with Gasteiger partial charge in [0, 0.05) is 12.1 Å². The minimum absolute atomic E-state index is 0.0936. The zero-order valence-corrected chi connectivity index (χ0v) is 13.1. The first-order chi connectivity index (χ1) is 11.6. The number of likely N-dealkylation sites (N-methyl/N-ethyl adjacent to an activating group) is 1. The van der Waals surface area contributed by atoms with Crippen molar-refractivity contribution in [2.75, 3.05) is 6.54 Å². The summed E-state index contributed by atoms with van der Waals surface area (Å²) in [5.74, 6) is -1.18. The Balaban J connectivity index is 2.18. The Morgan fingerprint density at radius 1 is 0.917 bits per heavy atom. The van der Waals surface area contributed by atoms with Crippen molar-refractivity contribution in [1.29, 1.82) is 0 Å². The monoisotopic (exact) mass is 321 g/mol. The predicted molar refractivity (Wildman–Crippen MR) is 88.0 cm³/mol. The van der Waals surface area contributed by atoms with Gasteiger partial charge in [-0.15, -0.1) is 0 Å². The lowest BCUT2D eigenvalue weighted by molar-refractivity contribution is -0.123. The van der Waals surface area contributed by atoms with Gasteiger partial charge in [0.2, 0.25) is 5.76 Å². The molecule has 0 aromatic heterocycles. The van der Waals surface area contributed by atoms with E-state index < -0.39 is 12.0 Å². The lowest BCUT2D eigenvalue weighted by Gasteiger charge is -2.09. The number of Topliss-reactive ketones (excluding diaryl/α,β-unsaturated/α-hetero) is 1. The Kier molecular flexibility index (Phi) is 4.24. The van der Waals surface area contributed by atoms with Gasteiger partial charge in [0.05, 0.1) is 5.57 Å². The number of carbonyl (C=O) groups excluding carboxylic acids is 3. The molecule has 1 aliphatic heterocycles. The van der Waals surface area contributed by atoms with Crippen LogP contribution in [0.3, 0.4) is 0 Å². The van der Waals surface area contributed by atoms with Gasteiger partial charge >= 0.3 is 6.09 Å². The number of amides is 2. The fourth-order valence-corrected chi connectivity index (χ4v) is 2.53. The van der Waals surface area contributed by atoms with Crippen LogP contribution in [0.5, 0.6) is 0 Å². The third-order valence-electron chi connectivity index (χ3n) is 3.72. The summed E-state index contributed by atoms with van der Waals surface area (Å²) in [6, 6.07) is 17.3. The maximum absolute atomic E-state index is 13.0. The first-order valence-electron chi connectivity index (χ1n) is 7.56. The van der Waals surface area contributed by atoms with E-state index in [0.717, 1.165) is 4.90 Å². The number of carbonyl (C=O) groups is 3. The maximum Gasteiger partial charge on any atom is 0.422 e. The molecule has 2 amide bonds. The summed E-state index contributed by atoms with van der Waals surface area (Å²) in [7, 11) is 0. The number of imide groups is 1. The first kappa shape index (κ1) is 15.7.